The van der Waals surface area contributed by atoms with Gasteiger partial charge >= 0.3 is 0 Å². The largest absolute Gasteiger partial charge is 0.369 e. The first kappa shape index (κ1) is 14.1. The van der Waals surface area contributed by atoms with Gasteiger partial charge in [-0.05, 0) is 36.2 Å². The maximum absolute atomic E-state index is 6.20. The zero-order valence-corrected chi connectivity index (χ0v) is 13.5. The van der Waals surface area contributed by atoms with Gasteiger partial charge in [0.1, 0.15) is 0 Å². The van der Waals surface area contributed by atoms with Crippen molar-refractivity contribution in [3.63, 3.8) is 0 Å². The van der Waals surface area contributed by atoms with Crippen LogP contribution in [0.2, 0.25) is 0 Å². The van der Waals surface area contributed by atoms with Gasteiger partial charge in [-0.15, -0.1) is 0 Å². The maximum Gasteiger partial charge on any atom is 0.196 e. The Morgan fingerprint density at radius 1 is 1.14 bits per heavy atom. The summed E-state index contributed by atoms with van der Waals surface area (Å²) in [6, 6.07) is 18.7. The van der Waals surface area contributed by atoms with Crippen molar-refractivity contribution in [2.75, 3.05) is 11.4 Å². The van der Waals surface area contributed by atoms with E-state index in [9.17, 15) is 0 Å². The minimum Gasteiger partial charge on any atom is -0.369 e. The van der Waals surface area contributed by atoms with Crippen LogP contribution in [0.1, 0.15) is 18.9 Å². The van der Waals surface area contributed by atoms with Crippen LogP contribution >= 0.6 is 15.9 Å². The van der Waals surface area contributed by atoms with E-state index >= 15 is 0 Å². The van der Waals surface area contributed by atoms with Crippen LogP contribution in [0.15, 0.2) is 64.1 Å². The molecule has 108 valence electrons. The van der Waals surface area contributed by atoms with E-state index in [1.165, 1.54) is 5.56 Å². The number of halogens is 1. The molecule has 2 N–H and O–H groups in total. The molecule has 1 aliphatic rings. The third-order valence-corrected chi connectivity index (χ3v) is 4.67. The van der Waals surface area contributed by atoms with Gasteiger partial charge < -0.3 is 10.6 Å². The van der Waals surface area contributed by atoms with Crippen molar-refractivity contribution >= 4 is 27.6 Å². The van der Waals surface area contributed by atoms with Gasteiger partial charge in [-0.3, -0.25) is 4.99 Å². The Balaban J connectivity index is 2.10. The molecule has 0 bridgehead atoms. The van der Waals surface area contributed by atoms with E-state index in [0.717, 1.165) is 16.6 Å². The number of rotatable bonds is 3. The first-order valence-corrected chi connectivity index (χ1v) is 7.88. The molecule has 0 spiro atoms. The highest BCUT2D eigenvalue weighted by Crippen LogP contribution is 2.39. The molecule has 21 heavy (non-hydrogen) atoms. The lowest BCUT2D eigenvalue weighted by Crippen LogP contribution is -2.49. The predicted molar refractivity (Wildman–Crippen MR) is 91.5 cm³/mol. The number of nitrogens with zero attached hydrogens (tertiary/aromatic N) is 2. The van der Waals surface area contributed by atoms with E-state index < -0.39 is 0 Å². The monoisotopic (exact) mass is 343 g/mol. The van der Waals surface area contributed by atoms with Crippen LogP contribution in [-0.2, 0) is 5.54 Å². The Labute approximate surface area is 133 Å². The Kier molecular flexibility index (Phi) is 3.72. The number of benzene rings is 2. The second-order valence-corrected chi connectivity index (χ2v) is 6.15. The molecule has 2 aromatic rings. The minimum atomic E-state index is -0.195. The Bertz CT molecular complexity index is 651. The number of aliphatic imine (C=N–C) groups is 1. The quantitative estimate of drug-likeness (QED) is 0.918. The van der Waals surface area contributed by atoms with Gasteiger partial charge in [0.05, 0.1) is 12.1 Å². The fraction of sp³-hybridized carbons (Fsp3) is 0.235. The van der Waals surface area contributed by atoms with Gasteiger partial charge in [0, 0.05) is 10.2 Å². The average molecular weight is 344 g/mol. The van der Waals surface area contributed by atoms with Crippen molar-refractivity contribution in [3.8, 4) is 0 Å². The topological polar surface area (TPSA) is 41.6 Å². The van der Waals surface area contributed by atoms with Crippen LogP contribution in [0.5, 0.6) is 0 Å². The molecule has 0 aliphatic carbocycles. The number of nitrogens with two attached hydrogens (primary N) is 1. The molecule has 0 fully saturated rings. The van der Waals surface area contributed by atoms with E-state index in [4.69, 9.17) is 5.73 Å². The first-order valence-electron chi connectivity index (χ1n) is 7.08. The summed E-state index contributed by atoms with van der Waals surface area (Å²) in [4.78, 5) is 6.69. The van der Waals surface area contributed by atoms with Crippen molar-refractivity contribution in [1.82, 2.24) is 0 Å². The van der Waals surface area contributed by atoms with Crippen molar-refractivity contribution in [3.05, 3.63) is 64.6 Å². The zero-order valence-electron chi connectivity index (χ0n) is 12.0. The molecule has 1 unspecified atom stereocenters. The highest BCUT2D eigenvalue weighted by Gasteiger charge is 2.43. The summed E-state index contributed by atoms with van der Waals surface area (Å²) in [6.45, 7) is 2.88. The van der Waals surface area contributed by atoms with E-state index in [1.807, 2.05) is 18.2 Å². The Hall–Kier alpha value is -1.81. The number of anilines is 1. The fourth-order valence-electron chi connectivity index (χ4n) is 2.98. The van der Waals surface area contributed by atoms with Crippen LogP contribution in [0.4, 0.5) is 5.69 Å². The minimum absolute atomic E-state index is 0.195. The van der Waals surface area contributed by atoms with Gasteiger partial charge in [0.25, 0.3) is 0 Å². The number of guanidine groups is 1. The standard InChI is InChI=1S/C17H18BrN3/c1-2-17(13-6-4-3-5-7-13)12-20-16(19)21(17)15-10-8-14(18)9-11-15/h3-11H,2,12H2,1H3,(H2,19,20). The van der Waals surface area contributed by atoms with Gasteiger partial charge in [-0.2, -0.15) is 0 Å². The summed E-state index contributed by atoms with van der Waals surface area (Å²) in [5.74, 6) is 0.586. The van der Waals surface area contributed by atoms with E-state index in [-0.39, 0.29) is 5.54 Å². The molecule has 3 rings (SSSR count). The average Bonchev–Trinajstić information content (AvgIpc) is 2.87. The maximum atomic E-state index is 6.20. The number of hydrogen-bond acceptors (Lipinski definition) is 3. The Morgan fingerprint density at radius 3 is 2.43 bits per heavy atom. The van der Waals surface area contributed by atoms with Crippen LogP contribution < -0.4 is 10.6 Å². The molecule has 1 aliphatic heterocycles. The van der Waals surface area contributed by atoms with Crippen LogP contribution in [0.3, 0.4) is 0 Å². The van der Waals surface area contributed by atoms with Crippen LogP contribution in [-0.4, -0.2) is 12.5 Å². The highest BCUT2D eigenvalue weighted by molar-refractivity contribution is 9.10. The fourth-order valence-corrected chi connectivity index (χ4v) is 3.25. The second kappa shape index (κ2) is 5.53. The Morgan fingerprint density at radius 2 is 1.81 bits per heavy atom. The molecule has 1 heterocycles. The van der Waals surface area contributed by atoms with Gasteiger partial charge in [0.15, 0.2) is 5.96 Å². The molecule has 0 radical (unpaired) electrons. The summed E-state index contributed by atoms with van der Waals surface area (Å²) < 4.78 is 1.06. The predicted octanol–water partition coefficient (Wildman–Crippen LogP) is 3.89. The first-order chi connectivity index (χ1) is 10.2. The second-order valence-electron chi connectivity index (χ2n) is 5.24. The van der Waals surface area contributed by atoms with Crippen LogP contribution in [0.25, 0.3) is 0 Å². The molecular formula is C17H18BrN3. The zero-order chi connectivity index (χ0) is 14.9. The van der Waals surface area contributed by atoms with Crippen molar-refractivity contribution in [2.24, 2.45) is 10.7 Å². The molecule has 4 heteroatoms. The summed E-state index contributed by atoms with van der Waals surface area (Å²) in [5.41, 5.74) is 8.33. The third-order valence-electron chi connectivity index (χ3n) is 4.14. The van der Waals surface area contributed by atoms with E-state index in [0.29, 0.717) is 12.5 Å². The van der Waals surface area contributed by atoms with Gasteiger partial charge in [0.2, 0.25) is 0 Å². The summed E-state index contributed by atoms with van der Waals surface area (Å²) in [7, 11) is 0. The van der Waals surface area contributed by atoms with E-state index in [1.54, 1.807) is 0 Å². The summed E-state index contributed by atoms with van der Waals surface area (Å²) >= 11 is 3.48. The SMILES string of the molecule is CCC1(c2ccccc2)CN=C(N)N1c1ccc(Br)cc1. The van der Waals surface area contributed by atoms with Crippen molar-refractivity contribution in [2.45, 2.75) is 18.9 Å². The number of hydrogen-bond donors (Lipinski definition) is 1. The van der Waals surface area contributed by atoms with Crippen molar-refractivity contribution < 1.29 is 0 Å². The van der Waals surface area contributed by atoms with Crippen molar-refractivity contribution in [1.29, 1.82) is 0 Å². The lowest BCUT2D eigenvalue weighted by atomic mass is 9.86. The van der Waals surface area contributed by atoms with Crippen LogP contribution in [0, 0.1) is 0 Å². The molecule has 1 atom stereocenters. The molecule has 0 aromatic heterocycles. The molecule has 2 aromatic carbocycles. The summed E-state index contributed by atoms with van der Waals surface area (Å²) in [5, 5.41) is 0. The molecular weight excluding hydrogens is 326 g/mol. The van der Waals surface area contributed by atoms with E-state index in [2.05, 4.69) is 69.1 Å². The normalized spacial score (nSPS) is 21.4. The highest BCUT2D eigenvalue weighted by atomic mass is 79.9. The lowest BCUT2D eigenvalue weighted by Gasteiger charge is -2.39. The lowest BCUT2D eigenvalue weighted by molar-refractivity contribution is 0.462. The third kappa shape index (κ3) is 2.33. The van der Waals surface area contributed by atoms with Gasteiger partial charge in [-0.25, -0.2) is 0 Å². The molecule has 0 saturated heterocycles. The smallest absolute Gasteiger partial charge is 0.196 e. The van der Waals surface area contributed by atoms with Gasteiger partial charge in [-0.1, -0.05) is 53.2 Å². The molecule has 0 saturated carbocycles. The molecule has 3 nitrogen and oxygen atoms in total. The summed E-state index contributed by atoms with van der Waals surface area (Å²) in [6.07, 6.45) is 0.942. The molecule has 0 amide bonds.